The van der Waals surface area contributed by atoms with E-state index in [1.165, 1.54) is 14.2 Å². The Balaban J connectivity index is 2.15. The van der Waals surface area contributed by atoms with Gasteiger partial charge in [-0.15, -0.1) is 0 Å². The number of fused-ring (bicyclic) bond motifs is 1. The van der Waals surface area contributed by atoms with Crippen LogP contribution >= 0.6 is 0 Å². The Morgan fingerprint density at radius 1 is 1.19 bits per heavy atom. The number of carbonyl (C=O) groups excluding carboxylic acids is 1. The number of rotatable bonds is 3. The Hall–Kier alpha value is -1.92. The number of methoxy groups -OCH3 is 2. The van der Waals surface area contributed by atoms with Gasteiger partial charge in [-0.2, -0.15) is 13.2 Å². The van der Waals surface area contributed by atoms with E-state index in [1.54, 1.807) is 6.07 Å². The van der Waals surface area contributed by atoms with Crippen LogP contribution in [0.25, 0.3) is 0 Å². The fraction of sp³-hybridized carbons (Fsp3) is 0.500. The van der Waals surface area contributed by atoms with Crippen LogP contribution in [0, 0.1) is 0 Å². The summed E-state index contributed by atoms with van der Waals surface area (Å²) in [7, 11) is 3.02. The molecule has 1 N–H and O–H groups in total. The molecule has 1 aromatic carbocycles. The Kier molecular flexibility index (Phi) is 4.29. The first kappa shape index (κ1) is 15.5. The maximum atomic E-state index is 12.3. The van der Waals surface area contributed by atoms with Crippen LogP contribution < -0.4 is 14.8 Å². The van der Waals surface area contributed by atoms with Gasteiger partial charge in [-0.25, -0.2) is 0 Å². The Morgan fingerprint density at radius 3 is 2.29 bits per heavy atom. The zero-order valence-corrected chi connectivity index (χ0v) is 11.7. The number of halogens is 3. The van der Waals surface area contributed by atoms with Crippen LogP contribution in [-0.2, 0) is 17.6 Å². The van der Waals surface area contributed by atoms with Gasteiger partial charge in [0.25, 0.3) is 0 Å². The average molecular weight is 303 g/mol. The molecule has 1 aliphatic rings. The standard InChI is InChI=1S/C14H16F3NO3/c1-20-11-6-8-3-4-10(18-13(19)14(15,16)17)5-9(8)7-12(11)21-2/h6-7,10H,3-5H2,1-2H3,(H,18,19). The molecule has 1 atom stereocenters. The number of benzene rings is 1. The summed E-state index contributed by atoms with van der Waals surface area (Å²) < 4.78 is 47.2. The summed E-state index contributed by atoms with van der Waals surface area (Å²) in [5.41, 5.74) is 1.87. The van der Waals surface area contributed by atoms with Crippen molar-refractivity contribution in [3.63, 3.8) is 0 Å². The molecule has 7 heteroatoms. The van der Waals surface area contributed by atoms with E-state index in [-0.39, 0.29) is 0 Å². The Morgan fingerprint density at radius 2 is 1.76 bits per heavy atom. The molecule has 0 radical (unpaired) electrons. The second-order valence-corrected chi connectivity index (χ2v) is 4.89. The lowest BCUT2D eigenvalue weighted by molar-refractivity contribution is -0.174. The van der Waals surface area contributed by atoms with Crippen molar-refractivity contribution in [1.29, 1.82) is 0 Å². The zero-order valence-electron chi connectivity index (χ0n) is 11.7. The predicted octanol–water partition coefficient (Wildman–Crippen LogP) is 2.24. The van der Waals surface area contributed by atoms with Crippen LogP contribution in [0.4, 0.5) is 13.2 Å². The van der Waals surface area contributed by atoms with E-state index < -0.39 is 18.1 Å². The molecule has 4 nitrogen and oxygen atoms in total. The second kappa shape index (κ2) is 5.83. The van der Waals surface area contributed by atoms with Crippen molar-refractivity contribution in [3.8, 4) is 11.5 Å². The molecular weight excluding hydrogens is 287 g/mol. The molecule has 21 heavy (non-hydrogen) atoms. The SMILES string of the molecule is COc1cc2c(cc1OC)CC(NC(=O)C(F)(F)F)CC2. The van der Waals surface area contributed by atoms with Crippen molar-refractivity contribution in [3.05, 3.63) is 23.3 Å². The summed E-state index contributed by atoms with van der Waals surface area (Å²) in [6.07, 6.45) is -3.46. The third kappa shape index (κ3) is 3.40. The van der Waals surface area contributed by atoms with E-state index in [2.05, 4.69) is 0 Å². The number of carbonyl (C=O) groups is 1. The summed E-state index contributed by atoms with van der Waals surface area (Å²) in [4.78, 5) is 11.0. The number of alkyl halides is 3. The molecule has 1 unspecified atom stereocenters. The molecule has 0 saturated heterocycles. The largest absolute Gasteiger partial charge is 0.493 e. The number of hydrogen-bond acceptors (Lipinski definition) is 3. The molecule has 0 aliphatic heterocycles. The zero-order chi connectivity index (χ0) is 15.6. The molecular formula is C14H16F3NO3. The molecule has 0 fully saturated rings. The fourth-order valence-corrected chi connectivity index (χ4v) is 2.47. The van der Waals surface area contributed by atoms with Gasteiger partial charge >= 0.3 is 12.1 Å². The summed E-state index contributed by atoms with van der Waals surface area (Å²) in [5, 5.41) is 2.03. The highest BCUT2D eigenvalue weighted by atomic mass is 19.4. The van der Waals surface area contributed by atoms with Crippen LogP contribution in [0.5, 0.6) is 11.5 Å². The van der Waals surface area contributed by atoms with Crippen LogP contribution in [0.15, 0.2) is 12.1 Å². The van der Waals surface area contributed by atoms with Gasteiger partial charge in [0.15, 0.2) is 11.5 Å². The lowest BCUT2D eigenvalue weighted by atomic mass is 9.88. The number of aryl methyl sites for hydroxylation is 1. The Bertz CT molecular complexity index is 543. The number of ether oxygens (including phenoxy) is 2. The van der Waals surface area contributed by atoms with E-state index >= 15 is 0 Å². The topological polar surface area (TPSA) is 47.6 Å². The number of nitrogens with one attached hydrogen (secondary N) is 1. The monoisotopic (exact) mass is 303 g/mol. The minimum Gasteiger partial charge on any atom is -0.493 e. The van der Waals surface area contributed by atoms with Crippen molar-refractivity contribution in [2.24, 2.45) is 0 Å². The quantitative estimate of drug-likeness (QED) is 0.931. The van der Waals surface area contributed by atoms with Gasteiger partial charge in [0.2, 0.25) is 0 Å². The summed E-state index contributed by atoms with van der Waals surface area (Å²) in [6, 6.07) is 3.06. The molecule has 0 aromatic heterocycles. The van der Waals surface area contributed by atoms with Gasteiger partial charge in [0, 0.05) is 6.04 Å². The van der Waals surface area contributed by atoms with Crippen LogP contribution in [0.1, 0.15) is 17.5 Å². The van der Waals surface area contributed by atoms with Gasteiger partial charge in [-0.1, -0.05) is 0 Å². The lowest BCUT2D eigenvalue weighted by Crippen LogP contribution is -2.45. The average Bonchev–Trinajstić information content (AvgIpc) is 2.44. The van der Waals surface area contributed by atoms with E-state index in [0.717, 1.165) is 11.1 Å². The Labute approximate surface area is 120 Å². The van der Waals surface area contributed by atoms with Crippen molar-refractivity contribution < 1.29 is 27.4 Å². The third-order valence-electron chi connectivity index (χ3n) is 3.53. The molecule has 1 aliphatic carbocycles. The smallest absolute Gasteiger partial charge is 0.471 e. The predicted molar refractivity (Wildman–Crippen MR) is 69.6 cm³/mol. The molecule has 1 aromatic rings. The van der Waals surface area contributed by atoms with Crippen molar-refractivity contribution in [2.75, 3.05) is 14.2 Å². The van der Waals surface area contributed by atoms with Gasteiger partial charge in [-0.3, -0.25) is 4.79 Å². The highest BCUT2D eigenvalue weighted by Crippen LogP contribution is 2.34. The number of hydrogen-bond donors (Lipinski definition) is 1. The normalized spacial score (nSPS) is 17.9. The molecule has 2 rings (SSSR count). The minimum atomic E-state index is -4.85. The van der Waals surface area contributed by atoms with Gasteiger partial charge < -0.3 is 14.8 Å². The van der Waals surface area contributed by atoms with Gasteiger partial charge in [-0.05, 0) is 42.5 Å². The van der Waals surface area contributed by atoms with Crippen LogP contribution in [0.3, 0.4) is 0 Å². The van der Waals surface area contributed by atoms with E-state index in [0.29, 0.717) is 30.8 Å². The van der Waals surface area contributed by atoms with Crippen molar-refractivity contribution in [1.82, 2.24) is 5.32 Å². The molecule has 116 valence electrons. The maximum Gasteiger partial charge on any atom is 0.471 e. The molecule has 0 saturated carbocycles. The molecule has 0 heterocycles. The highest BCUT2D eigenvalue weighted by Gasteiger charge is 2.40. The van der Waals surface area contributed by atoms with Crippen LogP contribution in [-0.4, -0.2) is 32.3 Å². The maximum absolute atomic E-state index is 12.3. The molecule has 0 bridgehead atoms. The van der Waals surface area contributed by atoms with E-state index in [4.69, 9.17) is 9.47 Å². The second-order valence-electron chi connectivity index (χ2n) is 4.89. The van der Waals surface area contributed by atoms with Crippen molar-refractivity contribution in [2.45, 2.75) is 31.5 Å². The summed E-state index contributed by atoms with van der Waals surface area (Å²) in [6.45, 7) is 0. The van der Waals surface area contributed by atoms with E-state index in [9.17, 15) is 18.0 Å². The van der Waals surface area contributed by atoms with Gasteiger partial charge in [0.05, 0.1) is 14.2 Å². The highest BCUT2D eigenvalue weighted by molar-refractivity contribution is 5.82. The first-order chi connectivity index (χ1) is 9.85. The van der Waals surface area contributed by atoms with Gasteiger partial charge in [0.1, 0.15) is 0 Å². The summed E-state index contributed by atoms with van der Waals surface area (Å²) >= 11 is 0. The summed E-state index contributed by atoms with van der Waals surface area (Å²) in [5.74, 6) is -0.774. The minimum absolute atomic E-state index is 0.345. The third-order valence-corrected chi connectivity index (χ3v) is 3.53. The first-order valence-electron chi connectivity index (χ1n) is 6.46. The fourth-order valence-electron chi connectivity index (χ4n) is 2.47. The van der Waals surface area contributed by atoms with E-state index in [1.807, 2.05) is 11.4 Å². The first-order valence-corrected chi connectivity index (χ1v) is 6.46. The number of amides is 1. The lowest BCUT2D eigenvalue weighted by Gasteiger charge is -2.26. The molecule has 1 amide bonds. The van der Waals surface area contributed by atoms with Crippen LogP contribution in [0.2, 0.25) is 0 Å². The van der Waals surface area contributed by atoms with Crippen molar-refractivity contribution >= 4 is 5.91 Å². The molecule has 0 spiro atoms.